The lowest BCUT2D eigenvalue weighted by Crippen LogP contribution is -2.49. The predicted molar refractivity (Wildman–Crippen MR) is 77.1 cm³/mol. The van der Waals surface area contributed by atoms with E-state index in [4.69, 9.17) is 4.42 Å². The number of halogens is 1. The fourth-order valence-electron chi connectivity index (χ4n) is 2.05. The highest BCUT2D eigenvalue weighted by molar-refractivity contribution is 5.95. The minimum atomic E-state index is -0.258. The van der Waals surface area contributed by atoms with Crippen molar-refractivity contribution in [2.45, 2.75) is 6.92 Å². The number of rotatable bonds is 3. The van der Waals surface area contributed by atoms with Crippen molar-refractivity contribution >= 4 is 24.2 Å². The van der Waals surface area contributed by atoms with Gasteiger partial charge in [0.05, 0.1) is 12.8 Å². The van der Waals surface area contributed by atoms with Gasteiger partial charge in [-0.25, -0.2) is 0 Å². The van der Waals surface area contributed by atoms with E-state index in [2.05, 4.69) is 5.32 Å². The van der Waals surface area contributed by atoms with Crippen LogP contribution < -0.4 is 5.32 Å². The highest BCUT2D eigenvalue weighted by Gasteiger charge is 2.22. The third kappa shape index (κ3) is 3.74. The van der Waals surface area contributed by atoms with Crippen molar-refractivity contribution in [3.63, 3.8) is 0 Å². The number of carbonyl (C=O) groups is 2. The van der Waals surface area contributed by atoms with Crippen molar-refractivity contribution in [1.82, 2.24) is 15.1 Å². The Hall–Kier alpha value is -1.53. The Kier molecular flexibility index (Phi) is 6.04. The minimum Gasteiger partial charge on any atom is -0.459 e. The molecule has 0 radical (unpaired) electrons. The van der Waals surface area contributed by atoms with Gasteiger partial charge in [-0.15, -0.1) is 12.4 Å². The maximum atomic E-state index is 12.1. The van der Waals surface area contributed by atoms with Gasteiger partial charge in [-0.05, 0) is 13.0 Å². The molecular weight excluding hydrogens is 282 g/mol. The summed E-state index contributed by atoms with van der Waals surface area (Å²) in [5.74, 6) is 0.0168. The topological polar surface area (TPSA) is 65.8 Å². The van der Waals surface area contributed by atoms with Crippen molar-refractivity contribution in [2.24, 2.45) is 0 Å². The number of hydrogen-bond acceptors (Lipinski definition) is 4. The first-order valence-corrected chi connectivity index (χ1v) is 6.37. The van der Waals surface area contributed by atoms with Crippen LogP contribution in [0.2, 0.25) is 0 Å². The van der Waals surface area contributed by atoms with E-state index >= 15 is 0 Å². The summed E-state index contributed by atoms with van der Waals surface area (Å²) in [7, 11) is 1.62. The number of nitrogens with zero attached hydrogens (tertiary/aromatic N) is 2. The minimum absolute atomic E-state index is 0. The van der Waals surface area contributed by atoms with Gasteiger partial charge in [0.2, 0.25) is 5.91 Å². The van der Waals surface area contributed by atoms with Crippen LogP contribution in [-0.2, 0) is 4.79 Å². The Morgan fingerprint density at radius 2 is 2.05 bits per heavy atom. The van der Waals surface area contributed by atoms with Crippen LogP contribution in [0.25, 0.3) is 0 Å². The second kappa shape index (κ2) is 7.31. The van der Waals surface area contributed by atoms with Gasteiger partial charge < -0.3 is 19.5 Å². The van der Waals surface area contributed by atoms with E-state index < -0.39 is 0 Å². The molecule has 0 spiro atoms. The molecule has 6 nitrogen and oxygen atoms in total. The summed E-state index contributed by atoms with van der Waals surface area (Å²) in [5, 5.41) is 3.19. The van der Waals surface area contributed by atoms with Gasteiger partial charge in [-0.1, -0.05) is 0 Å². The fourth-order valence-corrected chi connectivity index (χ4v) is 2.05. The van der Waals surface area contributed by atoms with Crippen molar-refractivity contribution in [3.8, 4) is 0 Å². The van der Waals surface area contributed by atoms with Crippen molar-refractivity contribution in [1.29, 1.82) is 0 Å². The van der Waals surface area contributed by atoms with E-state index in [-0.39, 0.29) is 30.8 Å². The number of amides is 2. The lowest BCUT2D eigenvalue weighted by atomic mass is 10.2. The first kappa shape index (κ1) is 16.5. The van der Waals surface area contributed by atoms with Gasteiger partial charge in [-0.2, -0.15) is 0 Å². The number of piperazine rings is 1. The molecule has 0 unspecified atom stereocenters. The third-order valence-electron chi connectivity index (χ3n) is 3.25. The molecule has 1 aromatic heterocycles. The first-order chi connectivity index (χ1) is 9.09. The third-order valence-corrected chi connectivity index (χ3v) is 3.25. The van der Waals surface area contributed by atoms with Gasteiger partial charge >= 0.3 is 0 Å². The molecule has 1 aliphatic rings. The van der Waals surface area contributed by atoms with E-state index in [1.54, 1.807) is 18.0 Å². The first-order valence-electron chi connectivity index (χ1n) is 6.37. The zero-order valence-corrected chi connectivity index (χ0v) is 12.5. The molecule has 0 atom stereocenters. The summed E-state index contributed by atoms with van der Waals surface area (Å²) >= 11 is 0. The fraction of sp³-hybridized carbons (Fsp3) is 0.538. The molecule has 2 rings (SSSR count). The van der Waals surface area contributed by atoms with Crippen LogP contribution in [0, 0.1) is 6.92 Å². The van der Waals surface area contributed by atoms with E-state index in [0.29, 0.717) is 18.8 Å². The van der Waals surface area contributed by atoms with E-state index in [9.17, 15) is 9.59 Å². The molecule has 1 N–H and O–H groups in total. The molecule has 7 heteroatoms. The Balaban J connectivity index is 0.00000200. The average molecular weight is 302 g/mol. The molecule has 0 aliphatic carbocycles. The normalized spacial score (nSPS) is 14.6. The molecule has 112 valence electrons. The molecule has 1 aliphatic heterocycles. The number of furan rings is 1. The lowest BCUT2D eigenvalue weighted by Gasteiger charge is -2.29. The van der Waals surface area contributed by atoms with Crippen molar-refractivity contribution in [3.05, 3.63) is 23.7 Å². The van der Waals surface area contributed by atoms with E-state index in [1.165, 1.54) is 11.2 Å². The van der Waals surface area contributed by atoms with Gasteiger partial charge in [0, 0.05) is 38.8 Å². The zero-order chi connectivity index (χ0) is 13.8. The average Bonchev–Trinajstić information content (AvgIpc) is 2.85. The van der Waals surface area contributed by atoms with Crippen molar-refractivity contribution in [2.75, 3.05) is 39.8 Å². The Bertz CT molecular complexity index is 469. The molecule has 1 saturated heterocycles. The van der Waals surface area contributed by atoms with Crippen LogP contribution in [0.5, 0.6) is 0 Å². The highest BCUT2D eigenvalue weighted by Crippen LogP contribution is 2.11. The van der Waals surface area contributed by atoms with Crippen molar-refractivity contribution < 1.29 is 14.0 Å². The largest absolute Gasteiger partial charge is 0.459 e. The summed E-state index contributed by atoms with van der Waals surface area (Å²) in [6.45, 7) is 4.89. The van der Waals surface area contributed by atoms with E-state index in [0.717, 1.165) is 18.7 Å². The molecule has 20 heavy (non-hydrogen) atoms. The van der Waals surface area contributed by atoms with Gasteiger partial charge in [-0.3, -0.25) is 9.59 Å². The van der Waals surface area contributed by atoms with Gasteiger partial charge in [0.15, 0.2) is 5.76 Å². The number of carbonyl (C=O) groups excluding carboxylic acids is 2. The molecule has 1 aromatic rings. The molecule has 2 heterocycles. The van der Waals surface area contributed by atoms with Crippen LogP contribution in [0.3, 0.4) is 0 Å². The standard InChI is InChI=1S/C13H19N3O3.ClH/c1-10-3-8-19-12(10)13(18)15(2)9-11(17)16-6-4-14-5-7-16;/h3,8,14H,4-7,9H2,1-2H3;1H. The monoisotopic (exact) mass is 301 g/mol. The summed E-state index contributed by atoms with van der Waals surface area (Å²) in [6, 6.07) is 1.74. The second-order valence-electron chi connectivity index (χ2n) is 4.72. The molecule has 0 bridgehead atoms. The quantitative estimate of drug-likeness (QED) is 0.884. The molecule has 1 fully saturated rings. The van der Waals surface area contributed by atoms with Crippen LogP contribution in [0.1, 0.15) is 16.1 Å². The van der Waals surface area contributed by atoms with Crippen LogP contribution in [0.15, 0.2) is 16.7 Å². The zero-order valence-electron chi connectivity index (χ0n) is 11.7. The Morgan fingerprint density at radius 1 is 1.40 bits per heavy atom. The lowest BCUT2D eigenvalue weighted by molar-refractivity contribution is -0.132. The van der Waals surface area contributed by atoms with Gasteiger partial charge in [0.1, 0.15) is 0 Å². The number of nitrogens with one attached hydrogen (secondary N) is 1. The number of aryl methyl sites for hydroxylation is 1. The predicted octanol–water partition coefficient (Wildman–Crippen LogP) is 0.514. The van der Waals surface area contributed by atoms with Crippen LogP contribution >= 0.6 is 12.4 Å². The highest BCUT2D eigenvalue weighted by atomic mass is 35.5. The summed E-state index contributed by atoms with van der Waals surface area (Å²) in [6.07, 6.45) is 1.48. The number of likely N-dealkylation sites (N-methyl/N-ethyl adjacent to an activating group) is 1. The smallest absolute Gasteiger partial charge is 0.290 e. The molecule has 0 aromatic carbocycles. The SMILES string of the molecule is Cc1ccoc1C(=O)N(C)CC(=O)N1CCNCC1.Cl. The van der Waals surface area contributed by atoms with Gasteiger partial charge in [0.25, 0.3) is 5.91 Å². The number of hydrogen-bond donors (Lipinski definition) is 1. The van der Waals surface area contributed by atoms with Crippen LogP contribution in [0.4, 0.5) is 0 Å². The summed E-state index contributed by atoms with van der Waals surface area (Å²) in [5.41, 5.74) is 0.784. The summed E-state index contributed by atoms with van der Waals surface area (Å²) < 4.78 is 5.15. The molecule has 2 amide bonds. The Labute approximate surface area is 124 Å². The van der Waals surface area contributed by atoms with E-state index in [1.807, 2.05) is 6.92 Å². The Morgan fingerprint density at radius 3 is 2.60 bits per heavy atom. The second-order valence-corrected chi connectivity index (χ2v) is 4.72. The summed E-state index contributed by atoms with van der Waals surface area (Å²) in [4.78, 5) is 27.3. The molecule has 0 saturated carbocycles. The maximum Gasteiger partial charge on any atom is 0.290 e. The van der Waals surface area contributed by atoms with Crippen LogP contribution in [-0.4, -0.2) is 61.4 Å². The maximum absolute atomic E-state index is 12.1. The molecular formula is C13H20ClN3O3.